The van der Waals surface area contributed by atoms with E-state index in [1.165, 1.54) is 0 Å². The average molecular weight is 345 g/mol. The summed E-state index contributed by atoms with van der Waals surface area (Å²) in [4.78, 5) is 22.4. The molecule has 132 valence electrons. The summed E-state index contributed by atoms with van der Waals surface area (Å²) in [7, 11) is 1.87. The molecule has 2 aromatic heterocycles. The summed E-state index contributed by atoms with van der Waals surface area (Å²) in [6, 6.07) is 3.75. The molecule has 2 aromatic rings. The van der Waals surface area contributed by atoms with Gasteiger partial charge < -0.3 is 19.5 Å². The van der Waals surface area contributed by atoms with Crippen LogP contribution in [0.3, 0.4) is 0 Å². The molecule has 8 heteroatoms. The molecule has 2 atom stereocenters. The van der Waals surface area contributed by atoms with Gasteiger partial charge >= 0.3 is 0 Å². The predicted molar refractivity (Wildman–Crippen MR) is 88.6 cm³/mol. The number of nitrogens with zero attached hydrogens (tertiary/aromatic N) is 4. The third-order valence-electron chi connectivity index (χ3n) is 4.93. The van der Waals surface area contributed by atoms with E-state index in [0.717, 1.165) is 25.2 Å². The van der Waals surface area contributed by atoms with Crippen molar-refractivity contribution in [2.24, 2.45) is 7.05 Å². The number of hydrogen-bond acceptors (Lipinski definition) is 5. The molecule has 0 radical (unpaired) electrons. The number of halogens is 1. The van der Waals surface area contributed by atoms with Crippen molar-refractivity contribution in [2.75, 3.05) is 25.0 Å². The van der Waals surface area contributed by atoms with Gasteiger partial charge in [0, 0.05) is 26.2 Å². The summed E-state index contributed by atoms with van der Waals surface area (Å²) >= 11 is 0. The topological polar surface area (TPSA) is 72.3 Å². The molecular formula is C17H20FN5O2. The highest BCUT2D eigenvalue weighted by Crippen LogP contribution is 2.36. The molecule has 4 rings (SSSR count). The number of nitrogens with one attached hydrogen (secondary N) is 1. The van der Waals surface area contributed by atoms with Gasteiger partial charge in [-0.15, -0.1) is 0 Å². The molecule has 25 heavy (non-hydrogen) atoms. The molecule has 2 aliphatic rings. The van der Waals surface area contributed by atoms with E-state index in [9.17, 15) is 9.18 Å². The molecule has 4 heterocycles. The highest BCUT2D eigenvalue weighted by molar-refractivity contribution is 5.93. The molecule has 2 aliphatic heterocycles. The van der Waals surface area contributed by atoms with E-state index < -0.39 is 5.82 Å². The predicted octanol–water partition coefficient (Wildman–Crippen LogP) is 1.44. The molecule has 2 fully saturated rings. The zero-order valence-electron chi connectivity index (χ0n) is 14.0. The molecule has 1 amide bonds. The Labute approximate surface area is 144 Å². The summed E-state index contributed by atoms with van der Waals surface area (Å²) in [5, 5.41) is 3.18. The third kappa shape index (κ3) is 3.09. The molecule has 0 bridgehead atoms. The van der Waals surface area contributed by atoms with Crippen LogP contribution in [0.4, 0.5) is 10.3 Å². The van der Waals surface area contributed by atoms with Crippen LogP contribution in [0.2, 0.25) is 0 Å². The SMILES string of the molecule is Cn1cccc1C(=O)N1CCC2(CC(Nc3ncc(F)cn3)CO2)C1. The highest BCUT2D eigenvalue weighted by Gasteiger charge is 2.47. The van der Waals surface area contributed by atoms with Crippen molar-refractivity contribution in [1.82, 2.24) is 19.4 Å². The van der Waals surface area contributed by atoms with Crippen molar-refractivity contribution in [1.29, 1.82) is 0 Å². The van der Waals surface area contributed by atoms with E-state index in [1.54, 1.807) is 0 Å². The van der Waals surface area contributed by atoms with Gasteiger partial charge in [0.05, 0.1) is 37.2 Å². The lowest BCUT2D eigenvalue weighted by Crippen LogP contribution is -2.37. The van der Waals surface area contributed by atoms with Gasteiger partial charge in [-0.2, -0.15) is 0 Å². The quantitative estimate of drug-likeness (QED) is 0.911. The maximum atomic E-state index is 12.9. The van der Waals surface area contributed by atoms with Crippen LogP contribution in [0.5, 0.6) is 0 Å². The van der Waals surface area contributed by atoms with E-state index in [4.69, 9.17) is 4.74 Å². The van der Waals surface area contributed by atoms with Gasteiger partial charge in [0.25, 0.3) is 5.91 Å². The molecule has 0 aromatic carbocycles. The summed E-state index contributed by atoms with van der Waals surface area (Å²) in [6.45, 7) is 1.79. The van der Waals surface area contributed by atoms with Gasteiger partial charge in [-0.3, -0.25) is 4.79 Å². The summed E-state index contributed by atoms with van der Waals surface area (Å²) in [6.07, 6.45) is 5.72. The fourth-order valence-electron chi connectivity index (χ4n) is 3.65. The van der Waals surface area contributed by atoms with Crippen LogP contribution in [-0.4, -0.2) is 56.7 Å². The summed E-state index contributed by atoms with van der Waals surface area (Å²) in [5.41, 5.74) is 0.364. The number of aromatic nitrogens is 3. The Bertz CT molecular complexity index is 778. The zero-order valence-corrected chi connectivity index (χ0v) is 14.0. The van der Waals surface area contributed by atoms with Crippen molar-refractivity contribution >= 4 is 11.9 Å². The van der Waals surface area contributed by atoms with Gasteiger partial charge in [-0.05, 0) is 18.6 Å². The van der Waals surface area contributed by atoms with Crippen molar-refractivity contribution in [3.63, 3.8) is 0 Å². The van der Waals surface area contributed by atoms with E-state index in [-0.39, 0.29) is 17.6 Å². The molecule has 0 aliphatic carbocycles. The second kappa shape index (κ2) is 6.11. The van der Waals surface area contributed by atoms with Crippen molar-refractivity contribution in [3.05, 3.63) is 42.2 Å². The fraction of sp³-hybridized carbons (Fsp3) is 0.471. The number of carbonyl (C=O) groups is 1. The first kappa shape index (κ1) is 16.0. The Morgan fingerprint density at radius 2 is 2.24 bits per heavy atom. The van der Waals surface area contributed by atoms with Crippen molar-refractivity contribution in [3.8, 4) is 0 Å². The van der Waals surface area contributed by atoms with E-state index in [1.807, 2.05) is 34.8 Å². The van der Waals surface area contributed by atoms with Crippen LogP contribution >= 0.6 is 0 Å². The molecule has 7 nitrogen and oxygen atoms in total. The Hall–Kier alpha value is -2.48. The molecule has 2 unspecified atom stereocenters. The monoisotopic (exact) mass is 345 g/mol. The van der Waals surface area contributed by atoms with E-state index >= 15 is 0 Å². The molecule has 1 N–H and O–H groups in total. The van der Waals surface area contributed by atoms with E-state index in [2.05, 4.69) is 15.3 Å². The number of carbonyl (C=O) groups excluding carboxylic acids is 1. The minimum Gasteiger partial charge on any atom is -0.371 e. The van der Waals surface area contributed by atoms with E-state index in [0.29, 0.717) is 31.3 Å². The number of ether oxygens (including phenoxy) is 1. The zero-order chi connectivity index (χ0) is 17.4. The van der Waals surface area contributed by atoms with Gasteiger partial charge in [0.15, 0.2) is 5.82 Å². The van der Waals surface area contributed by atoms with Crippen LogP contribution in [0.15, 0.2) is 30.7 Å². The second-order valence-corrected chi connectivity index (χ2v) is 6.75. The molecule has 1 spiro atoms. The van der Waals surface area contributed by atoms with Gasteiger partial charge in [-0.1, -0.05) is 0 Å². The Morgan fingerprint density at radius 1 is 1.44 bits per heavy atom. The fourth-order valence-corrected chi connectivity index (χ4v) is 3.65. The summed E-state index contributed by atoms with van der Waals surface area (Å²) in [5.74, 6) is -0.0386. The highest BCUT2D eigenvalue weighted by atomic mass is 19.1. The number of rotatable bonds is 3. The number of likely N-dealkylation sites (tertiary alicyclic amines) is 1. The lowest BCUT2D eigenvalue weighted by Gasteiger charge is -2.23. The minimum atomic E-state index is -0.463. The van der Waals surface area contributed by atoms with Crippen molar-refractivity contribution < 1.29 is 13.9 Å². The van der Waals surface area contributed by atoms with Gasteiger partial charge in [-0.25, -0.2) is 14.4 Å². The van der Waals surface area contributed by atoms with Gasteiger partial charge in [0.2, 0.25) is 5.95 Å². The third-order valence-corrected chi connectivity index (χ3v) is 4.93. The lowest BCUT2D eigenvalue weighted by molar-refractivity contribution is 0.0124. The first-order chi connectivity index (χ1) is 12.0. The van der Waals surface area contributed by atoms with Crippen LogP contribution in [-0.2, 0) is 11.8 Å². The van der Waals surface area contributed by atoms with Crippen LogP contribution < -0.4 is 5.32 Å². The number of aryl methyl sites for hydroxylation is 1. The van der Waals surface area contributed by atoms with Crippen LogP contribution in [0, 0.1) is 5.82 Å². The smallest absolute Gasteiger partial charge is 0.270 e. The molecule has 0 saturated carbocycles. The normalized spacial score (nSPS) is 25.7. The first-order valence-electron chi connectivity index (χ1n) is 8.33. The molecule has 2 saturated heterocycles. The largest absolute Gasteiger partial charge is 0.371 e. The van der Waals surface area contributed by atoms with Crippen LogP contribution in [0.25, 0.3) is 0 Å². The Balaban J connectivity index is 1.39. The maximum Gasteiger partial charge on any atom is 0.270 e. The number of anilines is 1. The molecular weight excluding hydrogens is 325 g/mol. The lowest BCUT2D eigenvalue weighted by atomic mass is 9.97. The first-order valence-corrected chi connectivity index (χ1v) is 8.33. The standard InChI is InChI=1S/C17H20FN5O2/c1-22-5-2-3-14(22)15(24)23-6-4-17(11-23)7-13(10-25-17)21-16-19-8-12(18)9-20-16/h2-3,5,8-9,13H,4,6-7,10-11H2,1H3,(H,19,20,21). The number of hydrogen-bond donors (Lipinski definition) is 1. The summed E-state index contributed by atoms with van der Waals surface area (Å²) < 4.78 is 20.8. The Morgan fingerprint density at radius 3 is 2.96 bits per heavy atom. The van der Waals surface area contributed by atoms with Gasteiger partial charge in [0.1, 0.15) is 5.69 Å². The number of amides is 1. The average Bonchev–Trinajstić information content (AvgIpc) is 3.31. The maximum absolute atomic E-state index is 12.9. The Kier molecular flexibility index (Phi) is 3.91. The van der Waals surface area contributed by atoms with Crippen LogP contribution in [0.1, 0.15) is 23.3 Å². The second-order valence-electron chi connectivity index (χ2n) is 6.75. The minimum absolute atomic E-state index is 0.0336. The van der Waals surface area contributed by atoms with Crippen molar-refractivity contribution in [2.45, 2.75) is 24.5 Å².